The van der Waals surface area contributed by atoms with Crippen molar-refractivity contribution in [2.24, 2.45) is 34.5 Å². The zero-order valence-corrected chi connectivity index (χ0v) is 25.0. The molecule has 0 bridgehead atoms. The number of hydrogen-bond acceptors (Lipinski definition) is 3. The lowest BCUT2D eigenvalue weighted by atomic mass is 9.50. The van der Waals surface area contributed by atoms with Gasteiger partial charge in [-0.3, -0.25) is 9.59 Å². The molecule has 1 heterocycles. The Labute approximate surface area is 236 Å². The number of ketones is 1. The van der Waals surface area contributed by atoms with E-state index in [9.17, 15) is 9.59 Å². The molecule has 0 spiro atoms. The molecule has 1 amide bonds. The van der Waals surface area contributed by atoms with E-state index in [1.807, 2.05) is 6.08 Å². The molecule has 1 aromatic rings. The van der Waals surface area contributed by atoms with Crippen LogP contribution in [0.2, 0.25) is 0 Å². The third-order valence-electron chi connectivity index (χ3n) is 12.3. The fourth-order valence-corrected chi connectivity index (χ4v) is 9.83. The van der Waals surface area contributed by atoms with Crippen LogP contribution >= 0.6 is 0 Å². The van der Waals surface area contributed by atoms with Crippen LogP contribution in [0.1, 0.15) is 116 Å². The highest BCUT2D eigenvalue weighted by Gasteiger charge is 2.60. The number of amides is 1. The van der Waals surface area contributed by atoms with E-state index in [0.29, 0.717) is 30.1 Å². The highest BCUT2D eigenvalue weighted by atomic mass is 16.2. The first-order valence-electron chi connectivity index (χ1n) is 15.9. The van der Waals surface area contributed by atoms with Crippen molar-refractivity contribution in [2.45, 2.75) is 116 Å². The molecule has 3 unspecified atom stereocenters. The first kappa shape index (κ1) is 27.1. The molecular weight excluding hydrogens is 480 g/mol. The summed E-state index contributed by atoms with van der Waals surface area (Å²) in [5.74, 6) is 2.45. The molecule has 4 nitrogen and oxygen atoms in total. The number of nitrogens with one attached hydrogen (secondary N) is 2. The van der Waals surface area contributed by atoms with Gasteiger partial charge in [-0.25, -0.2) is 0 Å². The molecular formula is C35H50N2O2. The first-order valence-corrected chi connectivity index (χ1v) is 15.9. The van der Waals surface area contributed by atoms with Crippen molar-refractivity contribution in [3.63, 3.8) is 0 Å². The van der Waals surface area contributed by atoms with Crippen LogP contribution in [0.3, 0.4) is 0 Å². The fourth-order valence-electron chi connectivity index (χ4n) is 9.83. The predicted octanol–water partition coefficient (Wildman–Crippen LogP) is 7.17. The summed E-state index contributed by atoms with van der Waals surface area (Å²) in [7, 11) is 0. The van der Waals surface area contributed by atoms with E-state index in [2.05, 4.69) is 69.5 Å². The van der Waals surface area contributed by atoms with Crippen molar-refractivity contribution in [2.75, 3.05) is 6.54 Å². The molecule has 4 aliphatic carbocycles. The van der Waals surface area contributed by atoms with Gasteiger partial charge in [0, 0.05) is 36.1 Å². The molecule has 1 saturated heterocycles. The SMILES string of the molecule is CC(C)(C)c1ccc(C2(NC(=O)[C@H]3CCC4C5CNC6=CC(=O)CC[C@]6(C)C5CC[C@@]43C)CCCCC2)cc1. The van der Waals surface area contributed by atoms with Crippen LogP contribution in [0.25, 0.3) is 0 Å². The molecule has 0 radical (unpaired) electrons. The summed E-state index contributed by atoms with van der Waals surface area (Å²) in [5.41, 5.74) is 3.87. The normalized spacial score (nSPS) is 37.6. The number of allylic oxidation sites excluding steroid dienone is 2. The summed E-state index contributed by atoms with van der Waals surface area (Å²) in [4.78, 5) is 26.5. The molecule has 2 N–H and O–H groups in total. The Kier molecular flexibility index (Phi) is 6.59. The van der Waals surface area contributed by atoms with Crippen LogP contribution < -0.4 is 10.6 Å². The van der Waals surface area contributed by atoms with E-state index in [0.717, 1.165) is 45.1 Å². The molecule has 5 aliphatic rings. The van der Waals surface area contributed by atoms with Crippen LogP contribution in [-0.4, -0.2) is 18.2 Å². The van der Waals surface area contributed by atoms with Crippen LogP contribution in [0.5, 0.6) is 0 Å². The van der Waals surface area contributed by atoms with Crippen LogP contribution in [0.15, 0.2) is 36.0 Å². The van der Waals surface area contributed by atoms with Crippen LogP contribution in [0, 0.1) is 34.5 Å². The molecule has 4 heteroatoms. The van der Waals surface area contributed by atoms with Crippen LogP contribution in [0.4, 0.5) is 0 Å². The number of carbonyl (C=O) groups excluding carboxylic acids is 2. The Morgan fingerprint density at radius 1 is 0.923 bits per heavy atom. The van der Waals surface area contributed by atoms with Gasteiger partial charge in [0.25, 0.3) is 0 Å². The molecule has 0 aromatic heterocycles. The largest absolute Gasteiger partial charge is 0.387 e. The fraction of sp³-hybridized carbons (Fsp3) is 0.714. The Bertz CT molecular complexity index is 1150. The van der Waals surface area contributed by atoms with E-state index in [1.54, 1.807) is 0 Å². The zero-order valence-electron chi connectivity index (χ0n) is 25.0. The second-order valence-electron chi connectivity index (χ2n) is 15.3. The number of carbonyl (C=O) groups is 2. The minimum absolute atomic E-state index is 0.0565. The van der Waals surface area contributed by atoms with E-state index >= 15 is 0 Å². The molecule has 1 aliphatic heterocycles. The zero-order chi connectivity index (χ0) is 27.6. The summed E-state index contributed by atoms with van der Waals surface area (Å²) < 4.78 is 0. The van der Waals surface area contributed by atoms with Gasteiger partial charge < -0.3 is 10.6 Å². The molecule has 3 saturated carbocycles. The molecule has 1 aromatic carbocycles. The van der Waals surface area contributed by atoms with Gasteiger partial charge in [0.1, 0.15) is 0 Å². The molecule has 212 valence electrons. The maximum atomic E-state index is 14.3. The van der Waals surface area contributed by atoms with Crippen molar-refractivity contribution in [3.8, 4) is 0 Å². The minimum Gasteiger partial charge on any atom is -0.387 e. The summed E-state index contributed by atoms with van der Waals surface area (Å²) in [6.45, 7) is 12.6. The minimum atomic E-state index is -0.231. The summed E-state index contributed by atoms with van der Waals surface area (Å²) >= 11 is 0. The van der Waals surface area contributed by atoms with Gasteiger partial charge in [0.05, 0.1) is 5.54 Å². The third kappa shape index (κ3) is 4.39. The molecule has 6 rings (SSSR count). The second kappa shape index (κ2) is 9.48. The lowest BCUT2D eigenvalue weighted by Gasteiger charge is -2.58. The highest BCUT2D eigenvalue weighted by Crippen LogP contribution is 2.64. The monoisotopic (exact) mass is 530 g/mol. The lowest BCUT2D eigenvalue weighted by molar-refractivity contribution is -0.135. The second-order valence-corrected chi connectivity index (χ2v) is 15.3. The Balaban J connectivity index is 1.23. The summed E-state index contributed by atoms with van der Waals surface area (Å²) in [5, 5.41) is 7.45. The summed E-state index contributed by atoms with van der Waals surface area (Å²) in [6.07, 6.45) is 13.7. The highest BCUT2D eigenvalue weighted by molar-refractivity contribution is 5.91. The van der Waals surface area contributed by atoms with Gasteiger partial charge in [0.15, 0.2) is 5.78 Å². The quantitative estimate of drug-likeness (QED) is 0.435. The van der Waals surface area contributed by atoms with Crippen molar-refractivity contribution in [1.29, 1.82) is 0 Å². The average molecular weight is 531 g/mol. The Morgan fingerprint density at radius 3 is 2.33 bits per heavy atom. The smallest absolute Gasteiger partial charge is 0.224 e. The maximum Gasteiger partial charge on any atom is 0.224 e. The van der Waals surface area contributed by atoms with Crippen molar-refractivity contribution < 1.29 is 9.59 Å². The third-order valence-corrected chi connectivity index (χ3v) is 12.3. The van der Waals surface area contributed by atoms with Gasteiger partial charge in [-0.05, 0) is 84.7 Å². The van der Waals surface area contributed by atoms with Crippen molar-refractivity contribution in [1.82, 2.24) is 10.6 Å². The van der Waals surface area contributed by atoms with E-state index in [4.69, 9.17) is 0 Å². The number of benzene rings is 1. The summed E-state index contributed by atoms with van der Waals surface area (Å²) in [6, 6.07) is 9.16. The van der Waals surface area contributed by atoms with Crippen molar-refractivity contribution in [3.05, 3.63) is 47.2 Å². The maximum absolute atomic E-state index is 14.3. The van der Waals surface area contributed by atoms with Gasteiger partial charge >= 0.3 is 0 Å². The number of piperidine rings is 1. The van der Waals surface area contributed by atoms with Crippen LogP contribution in [-0.2, 0) is 20.5 Å². The predicted molar refractivity (Wildman–Crippen MR) is 157 cm³/mol. The average Bonchev–Trinajstić information content (AvgIpc) is 3.26. The number of rotatable bonds is 3. The standard InChI is InChI=1S/C35H50N2O2/c1-32(2,3)23-9-11-24(12-10-23)35(17-7-6-8-18-35)37-31(39)29-14-13-27-26-22-36-30-21-25(38)15-19-34(30,5)28(26)16-20-33(27,29)4/h9-12,21,26-29,36H,6-8,13-20,22H2,1-5H3,(H,37,39)/t26?,27?,28?,29-,33+,34-/m1/s1. The van der Waals surface area contributed by atoms with E-state index < -0.39 is 0 Å². The lowest BCUT2D eigenvalue weighted by Crippen LogP contribution is -2.58. The van der Waals surface area contributed by atoms with E-state index in [-0.39, 0.29) is 33.5 Å². The molecule has 39 heavy (non-hydrogen) atoms. The number of hydrogen-bond donors (Lipinski definition) is 2. The van der Waals surface area contributed by atoms with E-state index in [1.165, 1.54) is 42.5 Å². The Hall–Kier alpha value is -2.10. The Morgan fingerprint density at radius 2 is 1.64 bits per heavy atom. The molecule has 6 atom stereocenters. The van der Waals surface area contributed by atoms with Gasteiger partial charge in [-0.2, -0.15) is 0 Å². The number of fused-ring (bicyclic) bond motifs is 5. The first-order chi connectivity index (χ1) is 18.5. The molecule has 4 fully saturated rings. The topological polar surface area (TPSA) is 58.2 Å². The van der Waals surface area contributed by atoms with Crippen molar-refractivity contribution >= 4 is 11.7 Å². The van der Waals surface area contributed by atoms with Gasteiger partial charge in [0.2, 0.25) is 5.91 Å². The van der Waals surface area contributed by atoms with Gasteiger partial charge in [-0.1, -0.05) is 78.1 Å². The van der Waals surface area contributed by atoms with Gasteiger partial charge in [-0.15, -0.1) is 0 Å².